The lowest BCUT2D eigenvalue weighted by Crippen LogP contribution is -2.64. The van der Waals surface area contributed by atoms with Crippen LogP contribution in [0.15, 0.2) is 36.5 Å². The summed E-state index contributed by atoms with van der Waals surface area (Å²) in [6, 6.07) is -1.26. The number of amides is 1. The summed E-state index contributed by atoms with van der Waals surface area (Å²) in [5, 5.41) is 74.8. The van der Waals surface area contributed by atoms with Gasteiger partial charge in [-0.05, 0) is 44.9 Å². The van der Waals surface area contributed by atoms with Crippen LogP contribution >= 0.6 is 7.82 Å². The topological polar surface area (TPSA) is 226 Å². The number of aliphatic hydroxyl groups excluding tert-OH is 7. The van der Waals surface area contributed by atoms with Crippen LogP contribution in [0, 0.1) is 0 Å². The second-order valence-corrected chi connectivity index (χ2v) is 21.4. The summed E-state index contributed by atoms with van der Waals surface area (Å²) < 4.78 is 23.0. The average molecular weight is 1000 g/mol. The molecule has 9 N–H and O–H groups in total. The Morgan fingerprint density at radius 3 is 1.28 bits per heavy atom. The number of hydrogen-bond acceptors (Lipinski definition) is 11. The van der Waals surface area contributed by atoms with Crippen molar-refractivity contribution in [2.45, 2.75) is 300 Å². The molecule has 0 radical (unpaired) electrons. The second-order valence-electron chi connectivity index (χ2n) is 20.0. The summed E-state index contributed by atoms with van der Waals surface area (Å²) in [5.74, 6) is -0.603. The van der Waals surface area contributed by atoms with Gasteiger partial charge in [0.15, 0.2) is 0 Å². The molecule has 14 heteroatoms. The van der Waals surface area contributed by atoms with Crippen molar-refractivity contribution in [3.8, 4) is 0 Å². The van der Waals surface area contributed by atoms with Crippen LogP contribution in [0.4, 0.5) is 0 Å². The lowest BCUT2D eigenvalue weighted by Gasteiger charge is -2.41. The van der Waals surface area contributed by atoms with Crippen molar-refractivity contribution in [3.05, 3.63) is 36.5 Å². The van der Waals surface area contributed by atoms with Crippen molar-refractivity contribution in [2.24, 2.45) is 0 Å². The maximum absolute atomic E-state index is 13.1. The van der Waals surface area contributed by atoms with E-state index >= 15 is 0 Å². The van der Waals surface area contributed by atoms with Crippen LogP contribution < -0.4 is 5.32 Å². The molecule has 0 heterocycles. The predicted molar refractivity (Wildman–Crippen MR) is 280 cm³/mol. The van der Waals surface area contributed by atoms with E-state index in [4.69, 9.17) is 9.05 Å². The summed E-state index contributed by atoms with van der Waals surface area (Å²) in [5.41, 5.74) is 0. The Morgan fingerprint density at radius 1 is 0.507 bits per heavy atom. The predicted octanol–water partition coefficient (Wildman–Crippen LogP) is 11.3. The second kappa shape index (κ2) is 44.0. The molecule has 8 atom stereocenters. The SMILES string of the molecule is CCCCCCCCCCC/C=C/CC/C=C/CC/C=C/C(O)C(COP(=O)(O)OC1C(O)C(O)C(O)C(O)C1O)NC(=O)CC(O)CCCCCCCCCCCCCCCCCCCCCC. The molecule has 13 nitrogen and oxygen atoms in total. The highest BCUT2D eigenvalue weighted by Crippen LogP contribution is 2.47. The zero-order chi connectivity index (χ0) is 50.8. The lowest BCUT2D eigenvalue weighted by molar-refractivity contribution is -0.220. The van der Waals surface area contributed by atoms with E-state index in [1.54, 1.807) is 6.08 Å². The average Bonchev–Trinajstić information content (AvgIpc) is 3.32. The van der Waals surface area contributed by atoms with Gasteiger partial charge >= 0.3 is 7.82 Å². The minimum Gasteiger partial charge on any atom is -0.393 e. The first-order chi connectivity index (χ1) is 33.3. The number of carbonyl (C=O) groups is 1. The van der Waals surface area contributed by atoms with Crippen LogP contribution in [-0.2, 0) is 18.4 Å². The van der Waals surface area contributed by atoms with Gasteiger partial charge in [-0.25, -0.2) is 4.57 Å². The third-order valence-electron chi connectivity index (χ3n) is 13.5. The van der Waals surface area contributed by atoms with Gasteiger partial charge < -0.3 is 46.0 Å². The van der Waals surface area contributed by atoms with Crippen molar-refractivity contribution < 1.29 is 59.0 Å². The number of phosphoric ester groups is 1. The zero-order valence-electron chi connectivity index (χ0n) is 43.5. The maximum atomic E-state index is 13.1. The van der Waals surface area contributed by atoms with E-state index in [-0.39, 0.29) is 6.42 Å². The van der Waals surface area contributed by atoms with E-state index in [2.05, 4.69) is 43.5 Å². The Labute approximate surface area is 419 Å². The summed E-state index contributed by atoms with van der Waals surface area (Å²) in [7, 11) is -5.16. The van der Waals surface area contributed by atoms with Crippen molar-refractivity contribution in [1.82, 2.24) is 5.32 Å². The smallest absolute Gasteiger partial charge is 0.393 e. The lowest BCUT2D eigenvalue weighted by atomic mass is 9.85. The van der Waals surface area contributed by atoms with E-state index < -0.39 is 75.2 Å². The highest BCUT2D eigenvalue weighted by Gasteiger charge is 2.51. The molecular formula is C55H104NO12P. The fourth-order valence-corrected chi connectivity index (χ4v) is 9.89. The zero-order valence-corrected chi connectivity index (χ0v) is 44.4. The molecule has 0 spiro atoms. The number of aliphatic hydroxyl groups is 7. The number of carbonyl (C=O) groups excluding carboxylic acids is 1. The fourth-order valence-electron chi connectivity index (χ4n) is 8.92. The summed E-state index contributed by atoms with van der Waals surface area (Å²) in [6.45, 7) is 3.76. The Balaban J connectivity index is 2.46. The van der Waals surface area contributed by atoms with Crippen LogP contribution in [0.3, 0.4) is 0 Å². The number of allylic oxidation sites excluding steroid dienone is 5. The van der Waals surface area contributed by atoms with Gasteiger partial charge in [-0.1, -0.05) is 230 Å². The molecule has 1 aliphatic carbocycles. The molecule has 69 heavy (non-hydrogen) atoms. The van der Waals surface area contributed by atoms with Crippen molar-refractivity contribution in [2.75, 3.05) is 6.61 Å². The van der Waals surface area contributed by atoms with Crippen LogP contribution in [0.1, 0.15) is 245 Å². The van der Waals surface area contributed by atoms with Crippen LogP contribution in [-0.4, -0.2) is 108 Å². The largest absolute Gasteiger partial charge is 0.472 e. The van der Waals surface area contributed by atoms with E-state index in [0.717, 1.165) is 44.9 Å². The molecule has 0 aliphatic heterocycles. The first kappa shape index (κ1) is 65.5. The molecule has 1 rings (SSSR count). The van der Waals surface area contributed by atoms with Crippen molar-refractivity contribution in [1.29, 1.82) is 0 Å². The summed E-state index contributed by atoms with van der Waals surface area (Å²) >= 11 is 0. The molecule has 0 aromatic rings. The number of phosphoric acid groups is 1. The van der Waals surface area contributed by atoms with E-state index in [1.165, 1.54) is 167 Å². The van der Waals surface area contributed by atoms with Crippen molar-refractivity contribution >= 4 is 13.7 Å². The Morgan fingerprint density at radius 2 is 0.855 bits per heavy atom. The number of nitrogens with one attached hydrogen (secondary N) is 1. The third kappa shape index (κ3) is 35.3. The quantitative estimate of drug-likeness (QED) is 0.0158. The Hall–Kier alpha value is -1.48. The van der Waals surface area contributed by atoms with E-state index in [0.29, 0.717) is 19.3 Å². The van der Waals surface area contributed by atoms with Gasteiger partial charge in [0.25, 0.3) is 0 Å². The first-order valence-corrected chi connectivity index (χ1v) is 29.5. The van der Waals surface area contributed by atoms with Gasteiger partial charge in [0.2, 0.25) is 5.91 Å². The van der Waals surface area contributed by atoms with E-state index in [1.807, 2.05) is 0 Å². The standard InChI is InChI=1S/C55H104NO12P/c1-3-5-7-9-11-13-15-17-19-21-23-25-26-28-30-32-34-36-38-40-42-46(57)44-49(59)56-47(45-67-69(65,66)68-55-53(63)51(61)50(60)52(62)54(55)64)48(58)43-41-39-37-35-33-31-29-27-24-22-20-18-16-14-12-10-8-6-4-2/h24,27,33,35,41,43,46-48,50-55,57-58,60-64H,3-23,25-26,28-32,34,36-40,42,44-45H2,1-2H3,(H,56,59)(H,65,66)/b27-24+,35-33+,43-41+. The van der Waals surface area contributed by atoms with Crippen LogP contribution in [0.25, 0.3) is 0 Å². The van der Waals surface area contributed by atoms with Gasteiger partial charge in [-0.2, -0.15) is 0 Å². The minimum atomic E-state index is -5.16. The first-order valence-electron chi connectivity index (χ1n) is 28.0. The number of rotatable bonds is 47. The number of hydrogen-bond donors (Lipinski definition) is 9. The molecule has 1 aliphatic rings. The van der Waals surface area contributed by atoms with Crippen LogP contribution in [0.5, 0.6) is 0 Å². The Bertz CT molecular complexity index is 1320. The van der Waals surface area contributed by atoms with Gasteiger partial charge in [0.05, 0.1) is 31.3 Å². The molecule has 1 fully saturated rings. The molecule has 406 valence electrons. The molecule has 0 bridgehead atoms. The highest BCUT2D eigenvalue weighted by molar-refractivity contribution is 7.47. The van der Waals surface area contributed by atoms with Crippen molar-refractivity contribution in [3.63, 3.8) is 0 Å². The monoisotopic (exact) mass is 1000 g/mol. The third-order valence-corrected chi connectivity index (χ3v) is 14.4. The van der Waals surface area contributed by atoms with Gasteiger partial charge in [0, 0.05) is 0 Å². The highest BCUT2D eigenvalue weighted by atomic mass is 31.2. The molecule has 1 amide bonds. The minimum absolute atomic E-state index is 0.253. The molecule has 8 unspecified atom stereocenters. The summed E-state index contributed by atoms with van der Waals surface area (Å²) in [6.07, 6.45) is 39.4. The van der Waals surface area contributed by atoms with Crippen LogP contribution in [0.2, 0.25) is 0 Å². The van der Waals surface area contributed by atoms with Gasteiger partial charge in [-0.15, -0.1) is 0 Å². The summed E-state index contributed by atoms with van der Waals surface area (Å²) in [4.78, 5) is 23.6. The maximum Gasteiger partial charge on any atom is 0.472 e. The normalized spacial score (nSPS) is 22.2. The number of unbranched alkanes of at least 4 members (excludes halogenated alkanes) is 30. The van der Waals surface area contributed by atoms with E-state index in [9.17, 15) is 50.0 Å². The van der Waals surface area contributed by atoms with Gasteiger partial charge in [-0.3, -0.25) is 13.8 Å². The molecule has 0 aromatic heterocycles. The Kier molecular flexibility index (Phi) is 41.8. The molecular weight excluding hydrogens is 898 g/mol. The fraction of sp³-hybridized carbons (Fsp3) is 0.873. The molecule has 0 aromatic carbocycles. The molecule has 1 saturated carbocycles. The molecule has 0 saturated heterocycles. The van der Waals surface area contributed by atoms with Gasteiger partial charge in [0.1, 0.15) is 36.6 Å².